The first-order chi connectivity index (χ1) is 16.2. The molecule has 3 aliphatic carbocycles. The molecule has 4 aliphatic rings. The Kier molecular flexibility index (Phi) is 5.30. The van der Waals surface area contributed by atoms with E-state index in [0.29, 0.717) is 35.7 Å². The van der Waals surface area contributed by atoms with Crippen molar-refractivity contribution in [2.24, 2.45) is 5.92 Å². The summed E-state index contributed by atoms with van der Waals surface area (Å²) in [5.74, 6) is 1.08. The number of carbonyl (C=O) groups excluding carboxylic acids is 2. The minimum Gasteiger partial charge on any atom is -0.354 e. The number of piperidine rings is 1. The molecular formula is C28H28N2O2S. The minimum atomic E-state index is -0.367. The number of benzene rings is 2. The van der Waals surface area contributed by atoms with E-state index in [1.165, 1.54) is 33.6 Å². The molecule has 2 aromatic carbocycles. The summed E-state index contributed by atoms with van der Waals surface area (Å²) in [7, 11) is 0. The highest BCUT2D eigenvalue weighted by Gasteiger charge is 2.43. The van der Waals surface area contributed by atoms with Gasteiger partial charge in [0.15, 0.2) is 0 Å². The average molecular weight is 457 g/mol. The second-order valence-electron chi connectivity index (χ2n) is 9.52. The predicted octanol–water partition coefficient (Wildman–Crippen LogP) is 5.16. The highest BCUT2D eigenvalue weighted by Crippen LogP contribution is 2.55. The summed E-state index contributed by atoms with van der Waals surface area (Å²) in [5.41, 5.74) is 5.73. The van der Waals surface area contributed by atoms with Crippen LogP contribution >= 0.6 is 11.3 Å². The monoisotopic (exact) mass is 456 g/mol. The third-order valence-electron chi connectivity index (χ3n) is 7.76. The molecule has 0 radical (unpaired) electrons. The molecule has 0 spiro atoms. The van der Waals surface area contributed by atoms with E-state index < -0.39 is 0 Å². The molecule has 2 bridgehead atoms. The molecule has 1 aromatic heterocycles. The smallest absolute Gasteiger partial charge is 0.264 e. The van der Waals surface area contributed by atoms with Gasteiger partial charge in [-0.05, 0) is 65.3 Å². The van der Waals surface area contributed by atoms with Crippen LogP contribution in [-0.2, 0) is 4.79 Å². The van der Waals surface area contributed by atoms with Gasteiger partial charge in [-0.1, -0.05) is 54.6 Å². The van der Waals surface area contributed by atoms with E-state index in [1.54, 1.807) is 4.90 Å². The van der Waals surface area contributed by atoms with Crippen molar-refractivity contribution in [3.63, 3.8) is 0 Å². The van der Waals surface area contributed by atoms with Gasteiger partial charge in [0.2, 0.25) is 5.91 Å². The Hall–Kier alpha value is -2.92. The Morgan fingerprint density at radius 3 is 2.27 bits per heavy atom. The SMILES string of the molecule is O=C(NCC1CC2c3ccccc3C1c1ccccc12)C1CCCCN1C(=O)c1cccs1. The van der Waals surface area contributed by atoms with Gasteiger partial charge in [-0.25, -0.2) is 0 Å². The number of rotatable bonds is 4. The summed E-state index contributed by atoms with van der Waals surface area (Å²) in [4.78, 5) is 28.8. The average Bonchev–Trinajstić information content (AvgIpc) is 3.42. The van der Waals surface area contributed by atoms with Crippen LogP contribution in [0.5, 0.6) is 0 Å². The number of hydrogen-bond acceptors (Lipinski definition) is 3. The largest absolute Gasteiger partial charge is 0.354 e. The number of likely N-dealkylation sites (tertiary alicyclic amines) is 1. The van der Waals surface area contributed by atoms with Gasteiger partial charge in [-0.3, -0.25) is 9.59 Å². The zero-order valence-corrected chi connectivity index (χ0v) is 19.4. The van der Waals surface area contributed by atoms with Crippen molar-refractivity contribution in [2.75, 3.05) is 13.1 Å². The molecule has 33 heavy (non-hydrogen) atoms. The molecule has 168 valence electrons. The quantitative estimate of drug-likeness (QED) is 0.590. The third-order valence-corrected chi connectivity index (χ3v) is 8.62. The maximum absolute atomic E-state index is 13.3. The fraction of sp³-hybridized carbons (Fsp3) is 0.357. The van der Waals surface area contributed by atoms with Crippen LogP contribution in [0.1, 0.15) is 69.4 Å². The van der Waals surface area contributed by atoms with Crippen molar-refractivity contribution in [1.29, 1.82) is 0 Å². The number of fused-ring (bicyclic) bond motifs is 1. The first-order valence-electron chi connectivity index (χ1n) is 12.0. The Morgan fingerprint density at radius 1 is 0.909 bits per heavy atom. The van der Waals surface area contributed by atoms with E-state index in [0.717, 1.165) is 25.7 Å². The van der Waals surface area contributed by atoms with Crippen molar-refractivity contribution in [2.45, 2.75) is 43.6 Å². The van der Waals surface area contributed by atoms with E-state index in [4.69, 9.17) is 0 Å². The lowest BCUT2D eigenvalue weighted by atomic mass is 9.59. The zero-order valence-electron chi connectivity index (χ0n) is 18.6. The summed E-state index contributed by atoms with van der Waals surface area (Å²) in [5, 5.41) is 5.19. The molecule has 2 amide bonds. The van der Waals surface area contributed by atoms with Crippen LogP contribution in [0, 0.1) is 5.92 Å². The molecule has 2 atom stereocenters. The van der Waals surface area contributed by atoms with E-state index in [-0.39, 0.29) is 17.9 Å². The lowest BCUT2D eigenvalue weighted by Gasteiger charge is -2.46. The van der Waals surface area contributed by atoms with Crippen LogP contribution in [0.3, 0.4) is 0 Å². The molecular weight excluding hydrogens is 428 g/mol. The van der Waals surface area contributed by atoms with E-state index in [2.05, 4.69) is 53.8 Å². The third kappa shape index (κ3) is 3.50. The van der Waals surface area contributed by atoms with Gasteiger partial charge in [-0.2, -0.15) is 0 Å². The Balaban J connectivity index is 1.21. The maximum atomic E-state index is 13.3. The van der Waals surface area contributed by atoms with Gasteiger partial charge in [-0.15, -0.1) is 11.3 Å². The predicted molar refractivity (Wildman–Crippen MR) is 131 cm³/mol. The van der Waals surface area contributed by atoms with E-state index in [1.807, 2.05) is 17.5 Å². The van der Waals surface area contributed by atoms with Crippen molar-refractivity contribution in [3.05, 3.63) is 93.2 Å². The Bertz CT molecular complexity index is 1140. The number of carbonyl (C=O) groups is 2. The second kappa shape index (κ2) is 8.45. The molecule has 2 unspecified atom stereocenters. The Labute approximate surface area is 198 Å². The van der Waals surface area contributed by atoms with Crippen LogP contribution < -0.4 is 5.32 Å². The molecule has 4 nitrogen and oxygen atoms in total. The van der Waals surface area contributed by atoms with Crippen LogP contribution in [0.25, 0.3) is 0 Å². The first kappa shape index (κ1) is 20.7. The van der Waals surface area contributed by atoms with Crippen molar-refractivity contribution in [3.8, 4) is 0 Å². The number of hydrogen-bond donors (Lipinski definition) is 1. The molecule has 1 aliphatic heterocycles. The van der Waals surface area contributed by atoms with E-state index >= 15 is 0 Å². The number of nitrogens with one attached hydrogen (secondary N) is 1. The molecule has 2 heterocycles. The Morgan fingerprint density at radius 2 is 1.61 bits per heavy atom. The second-order valence-corrected chi connectivity index (χ2v) is 10.5. The molecule has 3 aromatic rings. The molecule has 1 N–H and O–H groups in total. The van der Waals surface area contributed by atoms with Crippen molar-refractivity contribution >= 4 is 23.2 Å². The topological polar surface area (TPSA) is 49.4 Å². The van der Waals surface area contributed by atoms with Crippen molar-refractivity contribution < 1.29 is 9.59 Å². The fourth-order valence-corrected chi connectivity index (χ4v) is 6.98. The first-order valence-corrected chi connectivity index (χ1v) is 12.9. The normalized spacial score (nSPS) is 25.3. The maximum Gasteiger partial charge on any atom is 0.264 e. The number of thiophene rings is 1. The van der Waals surface area contributed by atoms with Crippen LogP contribution in [-0.4, -0.2) is 35.8 Å². The standard InChI is InChI=1S/C28H28N2O2S/c31-27(24-12-5-6-14-30(24)28(32)25-13-7-15-33-25)29-17-18-16-23-19-8-1-3-10-21(19)26(18)22-11-4-2-9-20(22)23/h1-4,7-11,13,15,18,23-24,26H,5-6,12,14,16-17H2,(H,29,31). The highest BCUT2D eigenvalue weighted by molar-refractivity contribution is 7.12. The molecule has 1 saturated heterocycles. The summed E-state index contributed by atoms with van der Waals surface area (Å²) in [6, 6.07) is 21.0. The van der Waals surface area contributed by atoms with Crippen LogP contribution in [0.15, 0.2) is 66.0 Å². The minimum absolute atomic E-state index is 0.00243. The van der Waals surface area contributed by atoms with Crippen molar-refractivity contribution in [1.82, 2.24) is 10.2 Å². The highest BCUT2D eigenvalue weighted by atomic mass is 32.1. The van der Waals surface area contributed by atoms with Crippen LogP contribution in [0.2, 0.25) is 0 Å². The van der Waals surface area contributed by atoms with Gasteiger partial charge in [0.25, 0.3) is 5.91 Å². The van der Waals surface area contributed by atoms with Gasteiger partial charge in [0.05, 0.1) is 4.88 Å². The van der Waals surface area contributed by atoms with Gasteiger partial charge >= 0.3 is 0 Å². The summed E-state index contributed by atoms with van der Waals surface area (Å²) >= 11 is 1.45. The molecule has 5 heteroatoms. The van der Waals surface area contributed by atoms with Crippen LogP contribution in [0.4, 0.5) is 0 Å². The lowest BCUT2D eigenvalue weighted by molar-refractivity contribution is -0.126. The van der Waals surface area contributed by atoms with Gasteiger partial charge in [0, 0.05) is 24.9 Å². The number of nitrogens with zero attached hydrogens (tertiary/aromatic N) is 1. The lowest BCUT2D eigenvalue weighted by Crippen LogP contribution is -2.53. The number of amides is 2. The van der Waals surface area contributed by atoms with Gasteiger partial charge < -0.3 is 10.2 Å². The summed E-state index contributed by atoms with van der Waals surface area (Å²) < 4.78 is 0. The summed E-state index contributed by atoms with van der Waals surface area (Å²) in [6.45, 7) is 1.31. The summed E-state index contributed by atoms with van der Waals surface area (Å²) in [6.07, 6.45) is 3.74. The molecule has 0 saturated carbocycles. The zero-order chi connectivity index (χ0) is 22.4. The van der Waals surface area contributed by atoms with Gasteiger partial charge in [0.1, 0.15) is 6.04 Å². The van der Waals surface area contributed by atoms with E-state index in [9.17, 15) is 9.59 Å². The molecule has 1 fully saturated rings. The fourth-order valence-electron chi connectivity index (χ4n) is 6.30. The molecule has 7 rings (SSSR count).